The van der Waals surface area contributed by atoms with Gasteiger partial charge in [-0.05, 0) is 56.1 Å². The molecule has 1 aromatic carbocycles. The van der Waals surface area contributed by atoms with E-state index in [0.717, 1.165) is 18.4 Å². The largest absolute Gasteiger partial charge is 0.453 e. The maximum Gasteiger partial charge on any atom is 0.410 e. The lowest BCUT2D eigenvalue weighted by Crippen LogP contribution is -2.62. The molecular weight excluding hydrogens is 410 g/mol. The van der Waals surface area contributed by atoms with Crippen LogP contribution < -0.4 is 5.48 Å². The number of nitrogens with zero attached hydrogens (tertiary/aromatic N) is 2. The lowest BCUT2D eigenvalue weighted by molar-refractivity contribution is -0.150. The van der Waals surface area contributed by atoms with Crippen molar-refractivity contribution < 1.29 is 24.3 Å². The van der Waals surface area contributed by atoms with E-state index in [1.807, 2.05) is 6.08 Å². The maximum atomic E-state index is 13.6. The average Bonchev–Trinajstić information content (AvgIpc) is 3.54. The normalized spacial score (nSPS) is 24.1. The van der Waals surface area contributed by atoms with Gasteiger partial charge in [0.2, 0.25) is 11.8 Å². The number of hydrogen-bond acceptors (Lipinski definition) is 5. The molecule has 0 radical (unpaired) electrons. The fourth-order valence-electron chi connectivity index (χ4n) is 5.26. The van der Waals surface area contributed by atoms with Crippen molar-refractivity contribution in [1.82, 2.24) is 15.3 Å². The number of aryl methyl sites for hydroxylation is 2. The number of ether oxygens (including phenoxy) is 1. The molecule has 172 valence electrons. The van der Waals surface area contributed by atoms with E-state index in [1.54, 1.807) is 10.4 Å². The van der Waals surface area contributed by atoms with E-state index in [1.165, 1.54) is 28.7 Å². The second-order valence-corrected chi connectivity index (χ2v) is 9.47. The molecule has 3 amide bonds. The zero-order valence-electron chi connectivity index (χ0n) is 18.9. The Labute approximate surface area is 188 Å². The van der Waals surface area contributed by atoms with Gasteiger partial charge in [0.15, 0.2) is 0 Å². The fourth-order valence-corrected chi connectivity index (χ4v) is 5.26. The first-order valence-corrected chi connectivity index (χ1v) is 11.1. The minimum Gasteiger partial charge on any atom is -0.453 e. The van der Waals surface area contributed by atoms with Crippen molar-refractivity contribution in [3.8, 4) is 0 Å². The van der Waals surface area contributed by atoms with E-state index in [-0.39, 0.29) is 11.3 Å². The van der Waals surface area contributed by atoms with Crippen molar-refractivity contribution in [2.45, 2.75) is 45.6 Å². The zero-order chi connectivity index (χ0) is 23.0. The van der Waals surface area contributed by atoms with Crippen molar-refractivity contribution in [3.63, 3.8) is 0 Å². The van der Waals surface area contributed by atoms with Crippen LogP contribution in [0.1, 0.15) is 42.4 Å². The van der Waals surface area contributed by atoms with Crippen molar-refractivity contribution in [3.05, 3.63) is 41.0 Å². The number of rotatable bonds is 3. The molecule has 0 aromatic heterocycles. The molecule has 3 aliphatic rings. The van der Waals surface area contributed by atoms with E-state index in [4.69, 9.17) is 4.74 Å². The monoisotopic (exact) mass is 441 g/mol. The van der Waals surface area contributed by atoms with E-state index >= 15 is 0 Å². The second-order valence-electron chi connectivity index (χ2n) is 9.47. The van der Waals surface area contributed by atoms with E-state index in [9.17, 15) is 19.6 Å². The first kappa shape index (κ1) is 22.3. The van der Waals surface area contributed by atoms with Crippen LogP contribution in [-0.4, -0.2) is 65.7 Å². The summed E-state index contributed by atoms with van der Waals surface area (Å²) in [6.07, 6.45) is 4.38. The van der Waals surface area contributed by atoms with Crippen molar-refractivity contribution >= 4 is 23.5 Å². The van der Waals surface area contributed by atoms with Crippen LogP contribution in [0.15, 0.2) is 24.3 Å². The number of methoxy groups -OCH3 is 1. The third-order valence-electron chi connectivity index (χ3n) is 7.06. The van der Waals surface area contributed by atoms with Gasteiger partial charge in [0, 0.05) is 19.6 Å². The van der Waals surface area contributed by atoms with Crippen molar-refractivity contribution in [2.75, 3.05) is 26.7 Å². The standard InChI is InChI=1S/C24H31N3O5/c1-15-10-16(2)12-18(11-15)17-4-8-26(9-5-17)22(29)20-19(21(28)25-31)13-24(6-7-24)14-27(20)23(30)32-3/h4,10-12,19-20,31H,5-9,13-14H2,1-3H3,(H,25,28). The van der Waals surface area contributed by atoms with Gasteiger partial charge in [-0.25, -0.2) is 10.3 Å². The topological polar surface area (TPSA) is 99.2 Å². The summed E-state index contributed by atoms with van der Waals surface area (Å²) in [5.41, 5.74) is 6.28. The van der Waals surface area contributed by atoms with Crippen LogP contribution in [0.5, 0.6) is 0 Å². The lowest BCUT2D eigenvalue weighted by Gasteiger charge is -2.44. The van der Waals surface area contributed by atoms with Crippen LogP contribution in [0.3, 0.4) is 0 Å². The third-order valence-corrected chi connectivity index (χ3v) is 7.06. The first-order valence-electron chi connectivity index (χ1n) is 11.1. The molecule has 2 fully saturated rings. The summed E-state index contributed by atoms with van der Waals surface area (Å²) in [7, 11) is 1.28. The van der Waals surface area contributed by atoms with E-state index in [2.05, 4.69) is 32.0 Å². The number of piperidine rings is 1. The molecule has 2 atom stereocenters. The Bertz CT molecular complexity index is 920. The van der Waals surface area contributed by atoms with Gasteiger partial charge in [-0.2, -0.15) is 0 Å². The van der Waals surface area contributed by atoms with Gasteiger partial charge in [0.1, 0.15) is 6.04 Å². The van der Waals surface area contributed by atoms with Gasteiger partial charge in [0.25, 0.3) is 0 Å². The zero-order valence-corrected chi connectivity index (χ0v) is 18.9. The molecule has 8 heteroatoms. The summed E-state index contributed by atoms with van der Waals surface area (Å²) in [6.45, 7) is 5.44. The van der Waals surface area contributed by atoms with Crippen molar-refractivity contribution in [1.29, 1.82) is 0 Å². The Kier molecular flexibility index (Phi) is 5.99. The number of benzene rings is 1. The van der Waals surface area contributed by atoms with Crippen LogP contribution in [0.4, 0.5) is 4.79 Å². The van der Waals surface area contributed by atoms with Crippen molar-refractivity contribution in [2.24, 2.45) is 11.3 Å². The summed E-state index contributed by atoms with van der Waals surface area (Å²) in [6, 6.07) is 5.43. The molecule has 2 aliphatic heterocycles. The summed E-state index contributed by atoms with van der Waals surface area (Å²) >= 11 is 0. The Morgan fingerprint density at radius 3 is 2.38 bits per heavy atom. The number of likely N-dealkylation sites (tertiary alicyclic amines) is 1. The second kappa shape index (κ2) is 8.58. The van der Waals surface area contributed by atoms with Gasteiger partial charge >= 0.3 is 6.09 Å². The molecule has 8 nitrogen and oxygen atoms in total. The number of hydrogen-bond donors (Lipinski definition) is 2. The SMILES string of the molecule is COC(=O)N1CC2(CC2)CC(C(=O)NO)C1C(=O)N1CC=C(c2cc(C)cc(C)c2)CC1. The molecule has 1 aromatic rings. The highest BCUT2D eigenvalue weighted by Crippen LogP contribution is 2.55. The van der Waals surface area contributed by atoms with Crippen LogP contribution in [0.2, 0.25) is 0 Å². The fraction of sp³-hybridized carbons (Fsp3) is 0.542. The van der Waals surface area contributed by atoms with Gasteiger partial charge < -0.3 is 9.64 Å². The van der Waals surface area contributed by atoms with Crippen LogP contribution in [0, 0.1) is 25.2 Å². The minimum atomic E-state index is -0.989. The predicted octanol–water partition coefficient (Wildman–Crippen LogP) is 2.66. The Balaban J connectivity index is 1.57. The highest BCUT2D eigenvalue weighted by Gasteiger charge is 2.57. The number of carbonyl (C=O) groups excluding carboxylic acids is 3. The van der Waals surface area contributed by atoms with Gasteiger partial charge in [-0.15, -0.1) is 0 Å². The molecule has 1 aliphatic carbocycles. The molecule has 1 saturated carbocycles. The van der Waals surface area contributed by atoms with Gasteiger partial charge in [-0.3, -0.25) is 19.7 Å². The van der Waals surface area contributed by atoms with Crippen LogP contribution in [-0.2, 0) is 14.3 Å². The number of amides is 3. The lowest BCUT2D eigenvalue weighted by atomic mass is 9.79. The quantitative estimate of drug-likeness (QED) is 0.555. The summed E-state index contributed by atoms with van der Waals surface area (Å²) in [5.74, 6) is -1.73. The summed E-state index contributed by atoms with van der Waals surface area (Å²) in [4.78, 5) is 41.7. The molecule has 2 unspecified atom stereocenters. The van der Waals surface area contributed by atoms with E-state index < -0.39 is 24.0 Å². The smallest absolute Gasteiger partial charge is 0.410 e. The minimum absolute atomic E-state index is 0.167. The van der Waals surface area contributed by atoms with Crippen LogP contribution >= 0.6 is 0 Å². The molecule has 0 bridgehead atoms. The first-order chi connectivity index (χ1) is 15.3. The molecular formula is C24H31N3O5. The number of carbonyl (C=O) groups is 3. The Morgan fingerprint density at radius 2 is 1.84 bits per heavy atom. The highest BCUT2D eigenvalue weighted by atomic mass is 16.5. The Hall–Kier alpha value is -2.87. The molecule has 32 heavy (non-hydrogen) atoms. The van der Waals surface area contributed by atoms with Crippen LogP contribution in [0.25, 0.3) is 5.57 Å². The highest BCUT2D eigenvalue weighted by molar-refractivity contribution is 5.93. The molecule has 4 rings (SSSR count). The summed E-state index contributed by atoms with van der Waals surface area (Å²) < 4.78 is 4.95. The maximum absolute atomic E-state index is 13.6. The van der Waals surface area contributed by atoms with Gasteiger partial charge in [0.05, 0.1) is 13.0 Å². The molecule has 1 saturated heterocycles. The predicted molar refractivity (Wildman–Crippen MR) is 118 cm³/mol. The third kappa shape index (κ3) is 4.24. The molecule has 1 spiro atoms. The Morgan fingerprint density at radius 1 is 1.16 bits per heavy atom. The molecule has 2 N–H and O–H groups in total. The number of hydroxylamine groups is 1. The summed E-state index contributed by atoms with van der Waals surface area (Å²) in [5, 5.41) is 9.31. The molecule has 2 heterocycles. The van der Waals surface area contributed by atoms with Gasteiger partial charge in [-0.1, -0.05) is 35.4 Å². The average molecular weight is 442 g/mol. The number of nitrogens with one attached hydrogen (secondary N) is 1. The van der Waals surface area contributed by atoms with E-state index in [0.29, 0.717) is 32.5 Å².